The summed E-state index contributed by atoms with van der Waals surface area (Å²) in [5.41, 5.74) is 5.87. The summed E-state index contributed by atoms with van der Waals surface area (Å²) in [6, 6.07) is 32.3. The van der Waals surface area contributed by atoms with E-state index in [0.29, 0.717) is 25.8 Å². The van der Waals surface area contributed by atoms with Crippen LogP contribution in [0.1, 0.15) is 79.6 Å². The lowest BCUT2D eigenvalue weighted by Gasteiger charge is -2.36. The largest absolute Gasteiger partial charge is 0.496 e. The number of rotatable bonds is 17. The number of aliphatic carboxylic acids is 1. The molecule has 3 N–H and O–H groups in total. The van der Waals surface area contributed by atoms with Gasteiger partial charge in [-0.3, -0.25) is 9.59 Å². The molecule has 4 aromatic carbocycles. The molecule has 1 fully saturated rings. The standard InChI is InChI=1S/C40H45NO7S/c1-46-35-14-6-7-15-37(35)49-27-34-24-36(30-20-18-28(26-42)19-21-30)48-40(47-34)33-13-9-12-32(23-33)31-11-8-10-29(22-31)25-41-38(43)16-4-2-3-5-17-39(44)45/h6-15,18-23,34,36,40,42H,2-5,16-17,24-27H2,1H3,(H,41,43)(H,44,45)/t34-,36+,40+/m1/s1. The summed E-state index contributed by atoms with van der Waals surface area (Å²) in [6.07, 6.45) is 3.51. The van der Waals surface area contributed by atoms with E-state index in [4.69, 9.17) is 19.3 Å². The third kappa shape index (κ3) is 10.9. The second-order valence-corrected chi connectivity index (χ2v) is 13.3. The van der Waals surface area contributed by atoms with E-state index in [-0.39, 0.29) is 31.1 Å². The fourth-order valence-electron chi connectivity index (χ4n) is 5.87. The van der Waals surface area contributed by atoms with E-state index < -0.39 is 12.3 Å². The van der Waals surface area contributed by atoms with Crippen LogP contribution in [0.3, 0.4) is 0 Å². The first-order valence-corrected chi connectivity index (χ1v) is 17.8. The van der Waals surface area contributed by atoms with Crippen molar-refractivity contribution in [2.24, 2.45) is 0 Å². The highest BCUT2D eigenvalue weighted by molar-refractivity contribution is 7.99. The maximum atomic E-state index is 12.4. The van der Waals surface area contributed by atoms with E-state index >= 15 is 0 Å². The van der Waals surface area contributed by atoms with Crippen molar-refractivity contribution in [3.63, 3.8) is 0 Å². The molecule has 1 saturated heterocycles. The molecule has 5 rings (SSSR count). The zero-order valence-corrected chi connectivity index (χ0v) is 28.7. The van der Waals surface area contributed by atoms with Gasteiger partial charge in [0.05, 0.1) is 25.9 Å². The van der Waals surface area contributed by atoms with Crippen LogP contribution in [-0.4, -0.2) is 41.1 Å². The molecule has 49 heavy (non-hydrogen) atoms. The van der Waals surface area contributed by atoms with Crippen LogP contribution in [0.25, 0.3) is 11.1 Å². The molecule has 0 spiro atoms. The van der Waals surface area contributed by atoms with E-state index in [2.05, 4.69) is 35.6 Å². The number of carbonyl (C=O) groups is 2. The molecule has 0 aromatic heterocycles. The Morgan fingerprint density at radius 1 is 0.816 bits per heavy atom. The number of amides is 1. The van der Waals surface area contributed by atoms with Crippen molar-refractivity contribution in [3.8, 4) is 16.9 Å². The summed E-state index contributed by atoms with van der Waals surface area (Å²) < 4.78 is 18.8. The number of carboxylic acid groups (broad SMARTS) is 1. The number of thioether (sulfide) groups is 1. The molecule has 1 amide bonds. The molecule has 0 saturated carbocycles. The molecular weight excluding hydrogens is 639 g/mol. The van der Waals surface area contributed by atoms with Gasteiger partial charge in [0, 0.05) is 42.0 Å². The van der Waals surface area contributed by atoms with Crippen molar-refractivity contribution in [1.29, 1.82) is 0 Å². The van der Waals surface area contributed by atoms with Gasteiger partial charge in [-0.25, -0.2) is 0 Å². The Bertz CT molecular complexity index is 1660. The van der Waals surface area contributed by atoms with Gasteiger partial charge in [-0.05, 0) is 64.9 Å². The van der Waals surface area contributed by atoms with Gasteiger partial charge in [-0.15, -0.1) is 11.8 Å². The van der Waals surface area contributed by atoms with Crippen molar-refractivity contribution in [3.05, 3.63) is 119 Å². The molecule has 0 bridgehead atoms. The van der Waals surface area contributed by atoms with Crippen LogP contribution in [0.2, 0.25) is 0 Å². The molecule has 1 aliphatic heterocycles. The first-order chi connectivity index (χ1) is 23.9. The predicted molar refractivity (Wildman–Crippen MR) is 191 cm³/mol. The number of para-hydroxylation sites is 1. The molecule has 0 aliphatic carbocycles. The molecule has 3 atom stereocenters. The SMILES string of the molecule is COc1ccccc1SC[C@H]1C[C@@H](c2ccc(CO)cc2)O[C@@H](c2cccc(-c3cccc(CNC(=O)CCCCCCC(=O)O)c3)c2)O1. The lowest BCUT2D eigenvalue weighted by atomic mass is 9.99. The summed E-state index contributed by atoms with van der Waals surface area (Å²) in [6.45, 7) is 0.427. The fraction of sp³-hybridized carbons (Fsp3) is 0.350. The first-order valence-electron chi connectivity index (χ1n) is 16.9. The number of aliphatic hydroxyl groups excluding tert-OH is 1. The summed E-state index contributed by atoms with van der Waals surface area (Å²) in [4.78, 5) is 24.1. The Labute approximate surface area is 292 Å². The van der Waals surface area contributed by atoms with E-state index in [1.165, 1.54) is 0 Å². The number of methoxy groups -OCH3 is 1. The van der Waals surface area contributed by atoms with Crippen molar-refractivity contribution in [2.45, 2.75) is 81.5 Å². The predicted octanol–water partition coefficient (Wildman–Crippen LogP) is 8.23. The molecule has 258 valence electrons. The van der Waals surface area contributed by atoms with Crippen LogP contribution in [0, 0.1) is 0 Å². The molecule has 9 heteroatoms. The Morgan fingerprint density at radius 2 is 1.55 bits per heavy atom. The van der Waals surface area contributed by atoms with E-state index in [1.807, 2.05) is 66.7 Å². The summed E-state index contributed by atoms with van der Waals surface area (Å²) in [7, 11) is 1.68. The minimum absolute atomic E-state index is 0.00351. The zero-order valence-electron chi connectivity index (χ0n) is 27.9. The first kappa shape index (κ1) is 36.1. The lowest BCUT2D eigenvalue weighted by molar-refractivity contribution is -0.245. The van der Waals surface area contributed by atoms with Gasteiger partial charge in [-0.2, -0.15) is 0 Å². The summed E-state index contributed by atoms with van der Waals surface area (Å²) >= 11 is 1.71. The number of carbonyl (C=O) groups excluding carboxylic acids is 1. The number of unbranched alkanes of at least 4 members (excludes halogenated alkanes) is 3. The van der Waals surface area contributed by atoms with Crippen LogP contribution >= 0.6 is 11.8 Å². The number of nitrogens with one attached hydrogen (secondary N) is 1. The van der Waals surface area contributed by atoms with E-state index in [1.54, 1.807) is 18.9 Å². The van der Waals surface area contributed by atoms with E-state index in [0.717, 1.165) is 69.0 Å². The second-order valence-electron chi connectivity index (χ2n) is 12.2. The molecule has 0 unspecified atom stereocenters. The highest BCUT2D eigenvalue weighted by Crippen LogP contribution is 2.41. The fourth-order valence-corrected chi connectivity index (χ4v) is 6.92. The number of ether oxygens (including phenoxy) is 3. The smallest absolute Gasteiger partial charge is 0.303 e. The summed E-state index contributed by atoms with van der Waals surface area (Å²) in [5.74, 6) is 0.786. The Hall–Kier alpha value is -4.15. The van der Waals surface area contributed by atoms with Crippen molar-refractivity contribution >= 4 is 23.6 Å². The Balaban J connectivity index is 1.25. The maximum Gasteiger partial charge on any atom is 0.303 e. The quantitative estimate of drug-likeness (QED) is 0.0754. The molecule has 8 nitrogen and oxygen atoms in total. The number of aliphatic hydroxyl groups is 1. The summed E-state index contributed by atoms with van der Waals surface area (Å²) in [5, 5.41) is 21.3. The molecular formula is C40H45NO7S. The van der Waals surface area contributed by atoms with Crippen molar-refractivity contribution in [2.75, 3.05) is 12.9 Å². The van der Waals surface area contributed by atoms with Gasteiger partial charge in [0.25, 0.3) is 0 Å². The van der Waals surface area contributed by atoms with Crippen LogP contribution < -0.4 is 10.1 Å². The Kier molecular flexibility index (Phi) is 13.7. The average Bonchev–Trinajstić information content (AvgIpc) is 3.14. The lowest BCUT2D eigenvalue weighted by Crippen LogP contribution is -2.31. The van der Waals surface area contributed by atoms with Crippen LogP contribution in [0.5, 0.6) is 5.75 Å². The zero-order chi connectivity index (χ0) is 34.4. The minimum Gasteiger partial charge on any atom is -0.496 e. The second kappa shape index (κ2) is 18.6. The maximum absolute atomic E-state index is 12.4. The van der Waals surface area contributed by atoms with Crippen LogP contribution in [0.15, 0.2) is 102 Å². The van der Waals surface area contributed by atoms with Crippen LogP contribution in [-0.2, 0) is 32.2 Å². The minimum atomic E-state index is -0.776. The van der Waals surface area contributed by atoms with Gasteiger partial charge < -0.3 is 29.7 Å². The Morgan fingerprint density at radius 3 is 2.31 bits per heavy atom. The number of carboxylic acids is 1. The molecule has 4 aromatic rings. The normalized spacial score (nSPS) is 17.4. The number of benzene rings is 4. The van der Waals surface area contributed by atoms with Gasteiger partial charge in [0.1, 0.15) is 5.75 Å². The van der Waals surface area contributed by atoms with Gasteiger partial charge in [0.2, 0.25) is 5.91 Å². The molecule has 0 radical (unpaired) electrons. The number of hydrogen-bond donors (Lipinski definition) is 3. The third-order valence-electron chi connectivity index (χ3n) is 8.56. The molecule has 1 aliphatic rings. The monoisotopic (exact) mass is 683 g/mol. The highest BCUT2D eigenvalue weighted by Gasteiger charge is 2.32. The van der Waals surface area contributed by atoms with Gasteiger partial charge >= 0.3 is 5.97 Å². The topological polar surface area (TPSA) is 114 Å². The highest BCUT2D eigenvalue weighted by atomic mass is 32.2. The van der Waals surface area contributed by atoms with Crippen LogP contribution in [0.4, 0.5) is 0 Å². The van der Waals surface area contributed by atoms with Crippen molar-refractivity contribution < 1.29 is 34.0 Å². The number of hydrogen-bond acceptors (Lipinski definition) is 7. The van der Waals surface area contributed by atoms with Gasteiger partial charge in [-0.1, -0.05) is 85.6 Å². The average molecular weight is 684 g/mol. The van der Waals surface area contributed by atoms with Gasteiger partial charge in [0.15, 0.2) is 6.29 Å². The van der Waals surface area contributed by atoms with Crippen molar-refractivity contribution in [1.82, 2.24) is 5.32 Å². The molecule has 1 heterocycles. The van der Waals surface area contributed by atoms with E-state index in [9.17, 15) is 14.7 Å². The third-order valence-corrected chi connectivity index (χ3v) is 9.75.